The lowest BCUT2D eigenvalue weighted by Gasteiger charge is -2.06. The van der Waals surface area contributed by atoms with Crippen LogP contribution in [0.5, 0.6) is 0 Å². The molecule has 0 saturated carbocycles. The van der Waals surface area contributed by atoms with Crippen LogP contribution >= 0.6 is 11.3 Å². The molecule has 0 spiro atoms. The van der Waals surface area contributed by atoms with Crippen LogP contribution in [0, 0.1) is 5.82 Å². The summed E-state index contributed by atoms with van der Waals surface area (Å²) in [4.78, 5) is 5.40. The largest absolute Gasteiger partial charge is 0.463 e. The number of rotatable bonds is 5. The van der Waals surface area contributed by atoms with Gasteiger partial charge >= 0.3 is 0 Å². The average molecular weight is 318 g/mol. The smallest absolute Gasteiger partial charge is 0.190 e. The Morgan fingerprint density at radius 3 is 2.77 bits per heavy atom. The van der Waals surface area contributed by atoms with Crippen molar-refractivity contribution in [3.63, 3.8) is 0 Å². The van der Waals surface area contributed by atoms with E-state index in [1.165, 1.54) is 23.5 Å². The minimum absolute atomic E-state index is 0.270. The molecule has 0 aliphatic heterocycles. The van der Waals surface area contributed by atoms with Crippen LogP contribution in [0.15, 0.2) is 57.5 Å². The molecule has 0 unspecified atom stereocenters. The Kier molecular flexibility index (Phi) is 4.50. The fraction of sp³-hybridized carbons (Fsp3) is 0.188. The summed E-state index contributed by atoms with van der Waals surface area (Å²) < 4.78 is 25.7. The molecule has 114 valence electrons. The topological polar surface area (TPSA) is 39.7 Å². The van der Waals surface area contributed by atoms with Crippen molar-refractivity contribution in [1.82, 2.24) is 4.57 Å². The van der Waals surface area contributed by atoms with Crippen LogP contribution in [0.4, 0.5) is 10.1 Å². The number of nitrogens with zero attached hydrogens (tertiary/aromatic N) is 2. The van der Waals surface area contributed by atoms with Crippen molar-refractivity contribution in [3.8, 4) is 11.5 Å². The molecule has 3 aromatic rings. The molecule has 6 heteroatoms. The fourth-order valence-electron chi connectivity index (χ4n) is 2.07. The van der Waals surface area contributed by atoms with Crippen molar-refractivity contribution in [2.24, 2.45) is 4.99 Å². The van der Waals surface area contributed by atoms with Crippen LogP contribution in [0.3, 0.4) is 0 Å². The second-order valence-electron chi connectivity index (χ2n) is 4.61. The quantitative estimate of drug-likeness (QED) is 0.717. The Balaban J connectivity index is 2.05. The number of thiazole rings is 1. The van der Waals surface area contributed by atoms with Gasteiger partial charge in [0.15, 0.2) is 10.6 Å². The van der Waals surface area contributed by atoms with Crippen molar-refractivity contribution in [2.45, 2.75) is 6.54 Å². The van der Waals surface area contributed by atoms with Gasteiger partial charge in [0.1, 0.15) is 5.82 Å². The molecule has 1 aromatic carbocycles. The molecule has 0 fully saturated rings. The first-order valence-corrected chi connectivity index (χ1v) is 7.67. The number of hydrogen-bond acceptors (Lipinski definition) is 4. The summed E-state index contributed by atoms with van der Waals surface area (Å²) in [6.45, 7) is 1.23. The molecule has 0 aliphatic carbocycles. The lowest BCUT2D eigenvalue weighted by molar-refractivity contribution is 0.187. The highest BCUT2D eigenvalue weighted by Crippen LogP contribution is 2.21. The summed E-state index contributed by atoms with van der Waals surface area (Å²) in [5.74, 6) is 0.515. The standard InChI is InChI=1S/C16H15FN2O2S/c1-20-10-8-19-14(15-3-2-9-21-15)11-22-16(19)18-13-6-4-12(17)5-7-13/h2-7,9,11H,8,10H2,1H3. The van der Waals surface area contributed by atoms with Crippen LogP contribution in [-0.2, 0) is 11.3 Å². The van der Waals surface area contributed by atoms with Gasteiger partial charge in [0.25, 0.3) is 0 Å². The maximum atomic E-state index is 13.0. The van der Waals surface area contributed by atoms with Gasteiger partial charge in [-0.1, -0.05) is 0 Å². The third kappa shape index (κ3) is 3.18. The molecule has 22 heavy (non-hydrogen) atoms. The predicted molar refractivity (Wildman–Crippen MR) is 83.5 cm³/mol. The van der Waals surface area contributed by atoms with Crippen molar-refractivity contribution >= 4 is 17.0 Å². The molecule has 0 N–H and O–H groups in total. The lowest BCUT2D eigenvalue weighted by Crippen LogP contribution is -2.18. The minimum Gasteiger partial charge on any atom is -0.463 e. The van der Waals surface area contributed by atoms with E-state index in [4.69, 9.17) is 9.15 Å². The average Bonchev–Trinajstić information content (AvgIpc) is 3.17. The van der Waals surface area contributed by atoms with Crippen molar-refractivity contribution in [2.75, 3.05) is 13.7 Å². The molecular formula is C16H15FN2O2S. The van der Waals surface area contributed by atoms with Gasteiger partial charge in [0.2, 0.25) is 0 Å². The van der Waals surface area contributed by atoms with Gasteiger partial charge in [-0.2, -0.15) is 0 Å². The third-order valence-electron chi connectivity index (χ3n) is 3.14. The maximum absolute atomic E-state index is 13.0. The molecule has 4 nitrogen and oxygen atoms in total. The summed E-state index contributed by atoms with van der Waals surface area (Å²) in [6.07, 6.45) is 1.64. The summed E-state index contributed by atoms with van der Waals surface area (Å²) in [7, 11) is 1.66. The van der Waals surface area contributed by atoms with Gasteiger partial charge in [-0.25, -0.2) is 9.38 Å². The number of furan rings is 1. The monoisotopic (exact) mass is 318 g/mol. The molecule has 0 radical (unpaired) electrons. The molecule has 0 atom stereocenters. The Bertz CT molecular complexity index is 788. The summed E-state index contributed by atoms with van der Waals surface area (Å²) in [5, 5.41) is 2.00. The highest BCUT2D eigenvalue weighted by Gasteiger charge is 2.10. The third-order valence-corrected chi connectivity index (χ3v) is 4.01. The maximum Gasteiger partial charge on any atom is 0.190 e. The number of benzene rings is 1. The lowest BCUT2D eigenvalue weighted by atomic mass is 10.3. The van der Waals surface area contributed by atoms with Crippen LogP contribution in [0.25, 0.3) is 11.5 Å². The van der Waals surface area contributed by atoms with Gasteiger partial charge in [0, 0.05) is 19.0 Å². The molecule has 0 amide bonds. The first-order chi connectivity index (χ1) is 10.8. The zero-order valence-corrected chi connectivity index (χ0v) is 12.8. The van der Waals surface area contributed by atoms with Crippen LogP contribution in [-0.4, -0.2) is 18.3 Å². The van der Waals surface area contributed by atoms with Crippen molar-refractivity contribution in [3.05, 3.63) is 58.7 Å². The van der Waals surface area contributed by atoms with Crippen LogP contribution in [0.1, 0.15) is 0 Å². The summed E-state index contributed by atoms with van der Waals surface area (Å²) in [6, 6.07) is 9.88. The van der Waals surface area contributed by atoms with E-state index >= 15 is 0 Å². The molecule has 2 heterocycles. The number of hydrogen-bond donors (Lipinski definition) is 0. The fourth-order valence-corrected chi connectivity index (χ4v) is 3.00. The van der Waals surface area contributed by atoms with Gasteiger partial charge in [-0.15, -0.1) is 11.3 Å². The van der Waals surface area contributed by atoms with E-state index < -0.39 is 0 Å². The molecular weight excluding hydrogens is 303 g/mol. The minimum atomic E-state index is -0.270. The SMILES string of the molecule is COCCn1c(-c2ccco2)csc1=Nc1ccc(F)cc1. The van der Waals surface area contributed by atoms with Gasteiger partial charge in [0.05, 0.1) is 24.3 Å². The Labute approximate surface area is 131 Å². The second-order valence-corrected chi connectivity index (χ2v) is 5.45. The molecule has 0 saturated heterocycles. The van der Waals surface area contributed by atoms with Gasteiger partial charge < -0.3 is 13.7 Å². The second kappa shape index (κ2) is 6.72. The van der Waals surface area contributed by atoms with Crippen molar-refractivity contribution in [1.29, 1.82) is 0 Å². The van der Waals surface area contributed by atoms with Gasteiger partial charge in [-0.05, 0) is 36.4 Å². The van der Waals surface area contributed by atoms with Crippen molar-refractivity contribution < 1.29 is 13.5 Å². The Morgan fingerprint density at radius 1 is 1.27 bits per heavy atom. The van der Waals surface area contributed by atoms with E-state index in [0.29, 0.717) is 18.8 Å². The highest BCUT2D eigenvalue weighted by atomic mass is 32.1. The zero-order valence-electron chi connectivity index (χ0n) is 12.0. The number of methoxy groups -OCH3 is 1. The van der Waals surface area contributed by atoms with E-state index in [-0.39, 0.29) is 5.82 Å². The van der Waals surface area contributed by atoms with E-state index in [1.807, 2.05) is 22.1 Å². The number of aromatic nitrogens is 1. The van der Waals surface area contributed by atoms with E-state index in [2.05, 4.69) is 4.99 Å². The van der Waals surface area contributed by atoms with E-state index in [0.717, 1.165) is 16.3 Å². The van der Waals surface area contributed by atoms with Gasteiger partial charge in [-0.3, -0.25) is 0 Å². The normalized spacial score (nSPS) is 12.0. The van der Waals surface area contributed by atoms with E-state index in [1.54, 1.807) is 25.5 Å². The molecule has 3 rings (SSSR count). The zero-order chi connectivity index (χ0) is 15.4. The number of halogens is 1. The highest BCUT2D eigenvalue weighted by molar-refractivity contribution is 7.07. The Morgan fingerprint density at radius 2 is 2.09 bits per heavy atom. The number of ether oxygens (including phenoxy) is 1. The Hall–Kier alpha value is -2.18. The summed E-state index contributed by atoms with van der Waals surface area (Å²) in [5.41, 5.74) is 1.66. The first kappa shape index (κ1) is 14.7. The summed E-state index contributed by atoms with van der Waals surface area (Å²) >= 11 is 1.51. The predicted octanol–water partition coefficient (Wildman–Crippen LogP) is 3.83. The molecule has 2 aromatic heterocycles. The van der Waals surface area contributed by atoms with Crippen LogP contribution < -0.4 is 4.80 Å². The first-order valence-electron chi connectivity index (χ1n) is 6.79. The van der Waals surface area contributed by atoms with E-state index in [9.17, 15) is 4.39 Å². The molecule has 0 aliphatic rings. The van der Waals surface area contributed by atoms with Crippen LogP contribution in [0.2, 0.25) is 0 Å². The molecule has 0 bridgehead atoms.